The summed E-state index contributed by atoms with van der Waals surface area (Å²) in [5.41, 5.74) is 7.80. The van der Waals surface area contributed by atoms with Crippen molar-refractivity contribution < 1.29 is 0 Å². The van der Waals surface area contributed by atoms with Gasteiger partial charge in [-0.25, -0.2) is 9.97 Å². The number of aromatic nitrogens is 4. The van der Waals surface area contributed by atoms with Gasteiger partial charge in [0, 0.05) is 25.1 Å². The first-order valence-electron chi connectivity index (χ1n) is 7.69. The summed E-state index contributed by atoms with van der Waals surface area (Å²) in [5.74, 6) is 2.52. The number of halogens is 1. The number of imidazole rings is 1. The molecule has 1 fully saturated rings. The SMILES string of the molecule is Nc1nc(Cl)cc(N2CCC(c3nc4ccccc4[nH]3)CC2)n1. The number of aromatic amines is 1. The van der Waals surface area contributed by atoms with E-state index in [4.69, 9.17) is 22.3 Å². The molecule has 0 atom stereocenters. The van der Waals surface area contributed by atoms with Crippen LogP contribution >= 0.6 is 11.6 Å². The third-order valence-corrected chi connectivity index (χ3v) is 4.51. The number of para-hydroxylation sites is 2. The standard InChI is InChI=1S/C16H17ClN6/c17-13-9-14(22-16(18)21-13)23-7-5-10(6-8-23)15-19-11-3-1-2-4-12(11)20-15/h1-4,9-10H,5-8H2,(H,19,20)(H2,18,21,22). The molecule has 1 aliphatic heterocycles. The van der Waals surface area contributed by atoms with E-state index in [-0.39, 0.29) is 5.95 Å². The lowest BCUT2D eigenvalue weighted by molar-refractivity contribution is 0.487. The van der Waals surface area contributed by atoms with Crippen LogP contribution in [0.15, 0.2) is 30.3 Å². The molecule has 1 aliphatic rings. The van der Waals surface area contributed by atoms with E-state index < -0.39 is 0 Å². The zero-order chi connectivity index (χ0) is 15.8. The number of piperidine rings is 1. The van der Waals surface area contributed by atoms with Gasteiger partial charge < -0.3 is 15.6 Å². The molecular weight excluding hydrogens is 312 g/mol. The van der Waals surface area contributed by atoms with Gasteiger partial charge >= 0.3 is 0 Å². The molecule has 7 heteroatoms. The first-order chi connectivity index (χ1) is 11.2. The summed E-state index contributed by atoms with van der Waals surface area (Å²) in [7, 11) is 0. The fourth-order valence-electron chi connectivity index (χ4n) is 3.13. The van der Waals surface area contributed by atoms with Gasteiger partial charge in [-0.05, 0) is 25.0 Å². The maximum absolute atomic E-state index is 5.97. The van der Waals surface area contributed by atoms with Crippen LogP contribution in [0.2, 0.25) is 5.15 Å². The largest absolute Gasteiger partial charge is 0.368 e. The number of nitrogens with one attached hydrogen (secondary N) is 1. The minimum atomic E-state index is 0.215. The molecule has 2 aromatic heterocycles. The monoisotopic (exact) mass is 328 g/mol. The molecule has 1 saturated heterocycles. The highest BCUT2D eigenvalue weighted by molar-refractivity contribution is 6.29. The summed E-state index contributed by atoms with van der Waals surface area (Å²) in [6.45, 7) is 1.79. The Kier molecular flexibility index (Phi) is 3.53. The number of fused-ring (bicyclic) bond motifs is 1. The molecule has 3 aromatic rings. The van der Waals surface area contributed by atoms with Crippen LogP contribution in [0.5, 0.6) is 0 Å². The maximum atomic E-state index is 5.97. The number of H-pyrrole nitrogens is 1. The van der Waals surface area contributed by atoms with Crippen LogP contribution < -0.4 is 10.6 Å². The molecule has 3 heterocycles. The second-order valence-electron chi connectivity index (χ2n) is 5.81. The second-order valence-corrected chi connectivity index (χ2v) is 6.19. The van der Waals surface area contributed by atoms with Gasteiger partial charge in [-0.2, -0.15) is 4.98 Å². The predicted molar refractivity (Wildman–Crippen MR) is 91.7 cm³/mol. The van der Waals surface area contributed by atoms with E-state index in [1.165, 1.54) is 0 Å². The van der Waals surface area contributed by atoms with Crippen molar-refractivity contribution in [3.8, 4) is 0 Å². The van der Waals surface area contributed by atoms with Crippen LogP contribution in [0.25, 0.3) is 11.0 Å². The number of nitrogen functional groups attached to an aromatic ring is 1. The van der Waals surface area contributed by atoms with E-state index in [0.717, 1.165) is 48.6 Å². The molecular formula is C16H17ClN6. The van der Waals surface area contributed by atoms with E-state index in [1.54, 1.807) is 6.07 Å². The van der Waals surface area contributed by atoms with Crippen molar-refractivity contribution in [1.29, 1.82) is 0 Å². The van der Waals surface area contributed by atoms with E-state index >= 15 is 0 Å². The van der Waals surface area contributed by atoms with Gasteiger partial charge in [0.1, 0.15) is 16.8 Å². The highest BCUT2D eigenvalue weighted by atomic mass is 35.5. The Labute approximate surface area is 138 Å². The fraction of sp³-hybridized carbons (Fsp3) is 0.312. The Bertz CT molecular complexity index is 784. The smallest absolute Gasteiger partial charge is 0.223 e. The number of anilines is 2. The van der Waals surface area contributed by atoms with Crippen LogP contribution in [0.1, 0.15) is 24.6 Å². The number of benzene rings is 1. The first-order valence-corrected chi connectivity index (χ1v) is 8.06. The lowest BCUT2D eigenvalue weighted by Crippen LogP contribution is -2.34. The molecule has 23 heavy (non-hydrogen) atoms. The Balaban J connectivity index is 1.50. The van der Waals surface area contributed by atoms with Crippen molar-refractivity contribution in [2.24, 2.45) is 0 Å². The van der Waals surface area contributed by atoms with Gasteiger partial charge in [-0.15, -0.1) is 0 Å². The van der Waals surface area contributed by atoms with Gasteiger partial charge in [-0.1, -0.05) is 23.7 Å². The third kappa shape index (κ3) is 2.82. The molecule has 0 bridgehead atoms. The topological polar surface area (TPSA) is 83.7 Å². The Hall–Kier alpha value is -2.34. The highest BCUT2D eigenvalue weighted by Gasteiger charge is 2.24. The molecule has 0 unspecified atom stereocenters. The summed E-state index contributed by atoms with van der Waals surface area (Å²) in [6.07, 6.45) is 2.03. The number of hydrogen-bond acceptors (Lipinski definition) is 5. The molecule has 3 N–H and O–H groups in total. The zero-order valence-electron chi connectivity index (χ0n) is 12.5. The summed E-state index contributed by atoms with van der Waals surface area (Å²) in [4.78, 5) is 18.5. The van der Waals surface area contributed by atoms with E-state index in [2.05, 4.69) is 25.9 Å². The summed E-state index contributed by atoms with van der Waals surface area (Å²) in [6, 6.07) is 9.90. The second kappa shape index (κ2) is 5.70. The Morgan fingerprint density at radius 1 is 1.13 bits per heavy atom. The van der Waals surface area contributed by atoms with Gasteiger partial charge in [0.05, 0.1) is 11.0 Å². The van der Waals surface area contributed by atoms with E-state index in [0.29, 0.717) is 11.1 Å². The van der Waals surface area contributed by atoms with Crippen molar-refractivity contribution in [2.45, 2.75) is 18.8 Å². The first kappa shape index (κ1) is 14.3. The Morgan fingerprint density at radius 2 is 1.91 bits per heavy atom. The van der Waals surface area contributed by atoms with Gasteiger partial charge in [0.15, 0.2) is 0 Å². The van der Waals surface area contributed by atoms with Crippen LogP contribution in [-0.2, 0) is 0 Å². The average molecular weight is 329 g/mol. The molecule has 118 valence electrons. The lowest BCUT2D eigenvalue weighted by atomic mass is 9.96. The molecule has 0 spiro atoms. The highest BCUT2D eigenvalue weighted by Crippen LogP contribution is 2.30. The predicted octanol–water partition coefficient (Wildman–Crippen LogP) is 2.97. The summed E-state index contributed by atoms with van der Waals surface area (Å²) < 4.78 is 0. The quantitative estimate of drug-likeness (QED) is 0.706. The average Bonchev–Trinajstić information content (AvgIpc) is 2.98. The normalized spacial score (nSPS) is 16.1. The van der Waals surface area contributed by atoms with E-state index in [1.807, 2.05) is 18.2 Å². The minimum Gasteiger partial charge on any atom is -0.368 e. The van der Waals surface area contributed by atoms with Crippen molar-refractivity contribution >= 4 is 34.4 Å². The van der Waals surface area contributed by atoms with Crippen LogP contribution in [0.4, 0.5) is 11.8 Å². The van der Waals surface area contributed by atoms with Crippen molar-refractivity contribution in [3.05, 3.63) is 41.3 Å². The zero-order valence-corrected chi connectivity index (χ0v) is 13.3. The van der Waals surface area contributed by atoms with Crippen LogP contribution in [-0.4, -0.2) is 33.0 Å². The molecule has 4 rings (SSSR count). The number of hydrogen-bond donors (Lipinski definition) is 2. The van der Waals surface area contributed by atoms with Gasteiger partial charge in [0.2, 0.25) is 5.95 Å². The maximum Gasteiger partial charge on any atom is 0.223 e. The molecule has 1 aromatic carbocycles. The minimum absolute atomic E-state index is 0.215. The lowest BCUT2D eigenvalue weighted by Gasteiger charge is -2.32. The van der Waals surface area contributed by atoms with Crippen molar-refractivity contribution in [1.82, 2.24) is 19.9 Å². The summed E-state index contributed by atoms with van der Waals surface area (Å²) >= 11 is 5.97. The third-order valence-electron chi connectivity index (χ3n) is 4.31. The van der Waals surface area contributed by atoms with Gasteiger partial charge in [0.25, 0.3) is 0 Å². The molecule has 0 saturated carbocycles. The van der Waals surface area contributed by atoms with Crippen LogP contribution in [0, 0.1) is 0 Å². The van der Waals surface area contributed by atoms with Crippen molar-refractivity contribution in [3.63, 3.8) is 0 Å². The number of nitrogens with two attached hydrogens (primary N) is 1. The number of nitrogens with zero attached hydrogens (tertiary/aromatic N) is 4. The summed E-state index contributed by atoms with van der Waals surface area (Å²) in [5, 5.41) is 0.381. The molecule has 0 aliphatic carbocycles. The fourth-order valence-corrected chi connectivity index (χ4v) is 3.32. The van der Waals surface area contributed by atoms with Gasteiger partial charge in [-0.3, -0.25) is 0 Å². The Morgan fingerprint density at radius 3 is 2.65 bits per heavy atom. The number of rotatable bonds is 2. The molecule has 0 radical (unpaired) electrons. The van der Waals surface area contributed by atoms with Crippen LogP contribution in [0.3, 0.4) is 0 Å². The van der Waals surface area contributed by atoms with Crippen molar-refractivity contribution in [2.75, 3.05) is 23.7 Å². The molecule has 0 amide bonds. The van der Waals surface area contributed by atoms with E-state index in [9.17, 15) is 0 Å². The molecule has 6 nitrogen and oxygen atoms in total.